The first-order valence-electron chi connectivity index (χ1n) is 6.28. The molecule has 0 spiro atoms. The van der Waals surface area contributed by atoms with Crippen LogP contribution < -0.4 is 5.32 Å². The molecule has 2 rings (SSSR count). The molecule has 0 unspecified atom stereocenters. The molecule has 1 N–H and O–H groups in total. The minimum Gasteiger partial charge on any atom is -0.493 e. The number of esters is 1. The molecule has 0 radical (unpaired) electrons. The van der Waals surface area contributed by atoms with E-state index in [9.17, 15) is 9.59 Å². The Morgan fingerprint density at radius 2 is 2.00 bits per heavy atom. The summed E-state index contributed by atoms with van der Waals surface area (Å²) in [5.74, 6) is -1.19. The Morgan fingerprint density at radius 3 is 2.62 bits per heavy atom. The monoisotopic (exact) mass is 355 g/mol. The van der Waals surface area contributed by atoms with Crippen molar-refractivity contribution in [2.45, 2.75) is 13.0 Å². The summed E-state index contributed by atoms with van der Waals surface area (Å²) in [5.41, 5.74) is 0.613. The molecular weight excluding hydrogens is 342 g/mol. The van der Waals surface area contributed by atoms with Crippen molar-refractivity contribution in [3.63, 3.8) is 0 Å². The van der Waals surface area contributed by atoms with Gasteiger partial charge in [0.1, 0.15) is 19.5 Å². The molecule has 0 saturated heterocycles. The van der Waals surface area contributed by atoms with E-state index < -0.39 is 18.0 Å². The zero-order chi connectivity index (χ0) is 15.2. The van der Waals surface area contributed by atoms with Crippen LogP contribution in [0.4, 0.5) is 5.69 Å². The van der Waals surface area contributed by atoms with Crippen LogP contribution >= 0.6 is 15.9 Å². The Labute approximate surface area is 130 Å². The summed E-state index contributed by atoms with van der Waals surface area (Å²) >= 11 is 3.30. The number of halogens is 1. The van der Waals surface area contributed by atoms with E-state index in [1.54, 1.807) is 24.3 Å². The van der Waals surface area contributed by atoms with Crippen LogP contribution in [0.2, 0.25) is 0 Å². The summed E-state index contributed by atoms with van der Waals surface area (Å²) in [7, 11) is 0. The van der Waals surface area contributed by atoms with Gasteiger partial charge in [-0.05, 0) is 31.2 Å². The van der Waals surface area contributed by atoms with Gasteiger partial charge in [-0.1, -0.05) is 15.9 Å². The van der Waals surface area contributed by atoms with Crippen LogP contribution in [0.25, 0.3) is 0 Å². The molecule has 1 heterocycles. The molecular formula is C14H14BrNO5. The maximum atomic E-state index is 11.9. The fourth-order valence-corrected chi connectivity index (χ4v) is 1.79. The molecule has 1 atom stereocenters. The highest BCUT2D eigenvalue weighted by Crippen LogP contribution is 2.15. The second-order valence-electron chi connectivity index (χ2n) is 4.25. The number of hydrogen-bond donors (Lipinski definition) is 1. The van der Waals surface area contributed by atoms with Gasteiger partial charge in [0, 0.05) is 10.2 Å². The van der Waals surface area contributed by atoms with Gasteiger partial charge in [-0.2, -0.15) is 0 Å². The molecule has 0 aromatic heterocycles. The van der Waals surface area contributed by atoms with Gasteiger partial charge in [0.05, 0.1) is 0 Å². The van der Waals surface area contributed by atoms with Crippen LogP contribution in [0.3, 0.4) is 0 Å². The van der Waals surface area contributed by atoms with Crippen LogP contribution in [0.15, 0.2) is 40.8 Å². The second kappa shape index (κ2) is 7.12. The van der Waals surface area contributed by atoms with Gasteiger partial charge in [-0.3, -0.25) is 4.79 Å². The fourth-order valence-electron chi connectivity index (χ4n) is 1.52. The van der Waals surface area contributed by atoms with Crippen molar-refractivity contribution in [2.75, 3.05) is 18.5 Å². The van der Waals surface area contributed by atoms with Gasteiger partial charge in [-0.15, -0.1) is 0 Å². The standard InChI is InChI=1S/C14H14BrNO5/c1-9(21-14(18)12-8-19-6-7-20-12)13(17)16-11-4-2-10(15)3-5-11/h2-5,8-9H,6-7H2,1H3,(H,16,17)/t9-/m0/s1. The number of carbonyl (C=O) groups excluding carboxylic acids is 2. The van der Waals surface area contributed by atoms with E-state index in [0.29, 0.717) is 12.3 Å². The first kappa shape index (κ1) is 15.4. The maximum absolute atomic E-state index is 11.9. The summed E-state index contributed by atoms with van der Waals surface area (Å²) < 4.78 is 16.0. The molecule has 0 bridgehead atoms. The first-order chi connectivity index (χ1) is 10.1. The molecule has 7 heteroatoms. The molecule has 112 valence electrons. The Balaban J connectivity index is 1.88. The third kappa shape index (κ3) is 4.49. The highest BCUT2D eigenvalue weighted by molar-refractivity contribution is 9.10. The highest BCUT2D eigenvalue weighted by atomic mass is 79.9. The van der Waals surface area contributed by atoms with Gasteiger partial charge in [0.15, 0.2) is 6.10 Å². The minimum atomic E-state index is -0.951. The fraction of sp³-hybridized carbons (Fsp3) is 0.286. The quantitative estimate of drug-likeness (QED) is 0.838. The molecule has 1 aromatic rings. The van der Waals surface area contributed by atoms with Crippen LogP contribution in [0.1, 0.15) is 6.92 Å². The van der Waals surface area contributed by atoms with Crippen LogP contribution in [0, 0.1) is 0 Å². The van der Waals surface area contributed by atoms with Gasteiger partial charge >= 0.3 is 5.97 Å². The Hall–Kier alpha value is -2.02. The lowest BCUT2D eigenvalue weighted by Gasteiger charge is -2.17. The van der Waals surface area contributed by atoms with Crippen molar-refractivity contribution in [3.05, 3.63) is 40.8 Å². The molecule has 0 aliphatic carbocycles. The van der Waals surface area contributed by atoms with E-state index in [0.717, 1.165) is 4.47 Å². The third-order valence-corrected chi connectivity index (χ3v) is 3.14. The molecule has 21 heavy (non-hydrogen) atoms. The number of rotatable bonds is 4. The number of nitrogens with one attached hydrogen (secondary N) is 1. The van der Waals surface area contributed by atoms with Gasteiger partial charge in [0.25, 0.3) is 5.91 Å². The number of anilines is 1. The number of hydrogen-bond acceptors (Lipinski definition) is 5. The lowest BCUT2D eigenvalue weighted by Crippen LogP contribution is -2.31. The summed E-state index contributed by atoms with van der Waals surface area (Å²) in [6.45, 7) is 2.15. The van der Waals surface area contributed by atoms with E-state index in [2.05, 4.69) is 21.2 Å². The van der Waals surface area contributed by atoms with Gasteiger partial charge in [0.2, 0.25) is 5.76 Å². The van der Waals surface area contributed by atoms with Gasteiger partial charge in [-0.25, -0.2) is 4.79 Å². The smallest absolute Gasteiger partial charge is 0.377 e. The molecule has 1 aromatic carbocycles. The predicted octanol–water partition coefficient (Wildman–Crippen LogP) is 2.21. The summed E-state index contributed by atoms with van der Waals surface area (Å²) in [5, 5.41) is 2.65. The molecule has 6 nitrogen and oxygen atoms in total. The lowest BCUT2D eigenvalue weighted by atomic mass is 10.3. The Kier molecular flexibility index (Phi) is 5.21. The molecule has 1 aliphatic heterocycles. The van der Waals surface area contributed by atoms with Crippen LogP contribution in [-0.4, -0.2) is 31.2 Å². The van der Waals surface area contributed by atoms with Crippen LogP contribution in [-0.2, 0) is 23.8 Å². The Bertz CT molecular complexity index is 555. The zero-order valence-corrected chi connectivity index (χ0v) is 12.9. The molecule has 1 aliphatic rings. The molecule has 0 saturated carbocycles. The van der Waals surface area contributed by atoms with E-state index in [-0.39, 0.29) is 12.4 Å². The average molecular weight is 356 g/mol. The van der Waals surface area contributed by atoms with Crippen molar-refractivity contribution in [3.8, 4) is 0 Å². The highest BCUT2D eigenvalue weighted by Gasteiger charge is 2.23. The summed E-state index contributed by atoms with van der Waals surface area (Å²) in [4.78, 5) is 23.7. The summed E-state index contributed by atoms with van der Waals surface area (Å²) in [6.07, 6.45) is 0.234. The number of amides is 1. The van der Waals surface area contributed by atoms with Crippen molar-refractivity contribution in [2.24, 2.45) is 0 Å². The minimum absolute atomic E-state index is 0.0375. The van der Waals surface area contributed by atoms with E-state index in [1.807, 2.05) is 0 Å². The largest absolute Gasteiger partial charge is 0.493 e. The van der Waals surface area contributed by atoms with Crippen molar-refractivity contribution in [1.29, 1.82) is 0 Å². The van der Waals surface area contributed by atoms with Crippen molar-refractivity contribution >= 4 is 33.5 Å². The normalized spacial score (nSPS) is 15.0. The zero-order valence-electron chi connectivity index (χ0n) is 11.3. The third-order valence-electron chi connectivity index (χ3n) is 2.62. The molecule has 1 amide bonds. The lowest BCUT2D eigenvalue weighted by molar-refractivity contribution is -0.153. The van der Waals surface area contributed by atoms with Crippen molar-refractivity contribution in [1.82, 2.24) is 0 Å². The number of benzene rings is 1. The summed E-state index contributed by atoms with van der Waals surface area (Å²) in [6, 6.07) is 7.06. The number of carbonyl (C=O) groups is 2. The van der Waals surface area contributed by atoms with E-state index in [1.165, 1.54) is 13.2 Å². The Morgan fingerprint density at radius 1 is 1.29 bits per heavy atom. The van der Waals surface area contributed by atoms with E-state index in [4.69, 9.17) is 14.2 Å². The number of ether oxygens (including phenoxy) is 3. The molecule has 0 fully saturated rings. The second-order valence-corrected chi connectivity index (χ2v) is 5.16. The van der Waals surface area contributed by atoms with Crippen LogP contribution in [0.5, 0.6) is 0 Å². The van der Waals surface area contributed by atoms with Gasteiger partial charge < -0.3 is 19.5 Å². The van der Waals surface area contributed by atoms with Crippen molar-refractivity contribution < 1.29 is 23.8 Å². The topological polar surface area (TPSA) is 73.9 Å². The first-order valence-corrected chi connectivity index (χ1v) is 7.07. The SMILES string of the molecule is C[C@H](OC(=O)C1=COCCO1)C(=O)Nc1ccc(Br)cc1. The average Bonchev–Trinajstić information content (AvgIpc) is 2.50. The maximum Gasteiger partial charge on any atom is 0.377 e. The van der Waals surface area contributed by atoms with E-state index >= 15 is 0 Å². The predicted molar refractivity (Wildman–Crippen MR) is 78.3 cm³/mol.